The number of nitrogens with zero attached hydrogens (tertiary/aromatic N) is 4. The van der Waals surface area contributed by atoms with Crippen LogP contribution in [0.15, 0.2) is 27.0 Å². The molecule has 0 spiro atoms. The van der Waals surface area contributed by atoms with Gasteiger partial charge in [-0.3, -0.25) is 28.5 Å². The monoisotopic (exact) mass is 645 g/mol. The van der Waals surface area contributed by atoms with E-state index in [2.05, 4.69) is 20.2 Å². The standard InChI is InChI=1S/C25H37FN7O10P/c26-21-22(37)25(31-32-27,43-23(21)33-14-11-18(34)30-24(33)38)15-40-44(39,28-12-9-19(35)41-16-5-1-2-6-16)29-13-10-20(36)42-17-7-3-4-8-17/h11,14,16-17,21-23,37H,1-10,12-13,15H2,(H2,28,29,39)(H,30,34,38)/t21-,22+,23-,25-/m1/s1. The van der Waals surface area contributed by atoms with Crippen molar-refractivity contribution in [1.29, 1.82) is 0 Å². The van der Waals surface area contributed by atoms with Crippen LogP contribution in [-0.4, -0.2) is 76.5 Å². The topological polar surface area (TPSA) is 236 Å². The fourth-order valence-electron chi connectivity index (χ4n) is 5.34. The third kappa shape index (κ3) is 8.75. The Morgan fingerprint density at radius 2 is 1.66 bits per heavy atom. The normalized spacial score (nSPS) is 26.0. The molecule has 3 fully saturated rings. The van der Waals surface area contributed by atoms with Gasteiger partial charge in [0.05, 0.1) is 19.4 Å². The van der Waals surface area contributed by atoms with Gasteiger partial charge in [-0.2, -0.15) is 0 Å². The molecule has 0 unspecified atom stereocenters. The van der Waals surface area contributed by atoms with Crippen LogP contribution in [0.4, 0.5) is 4.39 Å². The zero-order chi connectivity index (χ0) is 31.7. The molecule has 0 bridgehead atoms. The smallest absolute Gasteiger partial charge is 0.340 e. The van der Waals surface area contributed by atoms with Crippen LogP contribution in [0.1, 0.15) is 70.4 Å². The Bertz CT molecular complexity index is 1340. The number of carbonyl (C=O) groups is 2. The molecule has 1 aliphatic heterocycles. The number of alkyl halides is 1. The van der Waals surface area contributed by atoms with Gasteiger partial charge in [0.2, 0.25) is 5.72 Å². The Labute approximate surface area is 251 Å². The molecule has 0 radical (unpaired) electrons. The number of H-pyrrole nitrogens is 1. The fourth-order valence-corrected chi connectivity index (χ4v) is 6.81. The van der Waals surface area contributed by atoms with Crippen molar-refractivity contribution in [3.63, 3.8) is 0 Å². The molecule has 4 rings (SSSR count). The fraction of sp³-hybridized carbons (Fsp3) is 0.760. The van der Waals surface area contributed by atoms with Crippen LogP contribution in [0.25, 0.3) is 10.4 Å². The first-order valence-electron chi connectivity index (χ1n) is 14.6. The van der Waals surface area contributed by atoms with Crippen molar-refractivity contribution in [2.45, 2.75) is 101 Å². The molecule has 1 saturated heterocycles. The first-order valence-corrected chi connectivity index (χ1v) is 16.2. The van der Waals surface area contributed by atoms with Crippen molar-refractivity contribution in [2.75, 3.05) is 19.7 Å². The van der Waals surface area contributed by atoms with Crippen molar-refractivity contribution in [1.82, 2.24) is 19.7 Å². The lowest BCUT2D eigenvalue weighted by Crippen LogP contribution is -2.45. The lowest BCUT2D eigenvalue weighted by atomic mass is 10.1. The molecule has 19 heteroatoms. The van der Waals surface area contributed by atoms with Gasteiger partial charge >= 0.3 is 25.3 Å². The zero-order valence-electron chi connectivity index (χ0n) is 24.0. The number of hydrogen-bond acceptors (Lipinski definition) is 11. The molecule has 4 atom stereocenters. The number of ether oxygens (including phenoxy) is 3. The molecule has 3 aliphatic rings. The summed E-state index contributed by atoms with van der Waals surface area (Å²) in [6, 6.07) is 0.922. The number of nitrogens with one attached hydrogen (secondary N) is 3. The van der Waals surface area contributed by atoms with Crippen molar-refractivity contribution in [2.24, 2.45) is 5.11 Å². The van der Waals surface area contributed by atoms with E-state index in [1.54, 1.807) is 0 Å². The van der Waals surface area contributed by atoms with Crippen LogP contribution in [0.5, 0.6) is 0 Å². The van der Waals surface area contributed by atoms with Crippen LogP contribution in [0.3, 0.4) is 0 Å². The highest BCUT2D eigenvalue weighted by atomic mass is 31.2. The number of esters is 2. The Morgan fingerprint density at radius 1 is 1.11 bits per heavy atom. The van der Waals surface area contributed by atoms with E-state index in [1.807, 2.05) is 4.98 Å². The van der Waals surface area contributed by atoms with E-state index in [0.717, 1.165) is 63.6 Å². The van der Waals surface area contributed by atoms with Crippen LogP contribution in [0, 0.1) is 0 Å². The number of carbonyl (C=O) groups excluding carboxylic acids is 2. The van der Waals surface area contributed by atoms with E-state index < -0.39 is 61.7 Å². The molecular formula is C25H37FN7O10P. The van der Waals surface area contributed by atoms with Gasteiger partial charge in [0.25, 0.3) is 5.56 Å². The predicted octanol–water partition coefficient (Wildman–Crippen LogP) is 1.83. The summed E-state index contributed by atoms with van der Waals surface area (Å²) in [5.74, 6) is -1.05. The van der Waals surface area contributed by atoms with Gasteiger partial charge in [-0.1, -0.05) is 5.11 Å². The molecule has 0 aromatic carbocycles. The first-order chi connectivity index (χ1) is 21.0. The van der Waals surface area contributed by atoms with Crippen LogP contribution in [0.2, 0.25) is 0 Å². The second kappa shape index (κ2) is 15.3. The van der Waals surface area contributed by atoms with Gasteiger partial charge in [-0.15, -0.1) is 0 Å². The number of rotatable bonds is 15. The summed E-state index contributed by atoms with van der Waals surface area (Å²) in [7, 11) is -4.20. The third-order valence-electron chi connectivity index (χ3n) is 7.65. The minimum atomic E-state index is -4.20. The van der Waals surface area contributed by atoms with E-state index >= 15 is 4.39 Å². The van der Waals surface area contributed by atoms with E-state index in [-0.39, 0.29) is 38.1 Å². The number of halogens is 1. The molecule has 244 valence electrons. The Morgan fingerprint density at radius 3 is 2.16 bits per heavy atom. The highest BCUT2D eigenvalue weighted by Crippen LogP contribution is 2.45. The SMILES string of the molecule is [N-]=[N+]=N[C@]1(COP(=O)(NCCC(=O)OC2CCCC2)NCCC(=O)OC2CCCC2)O[C@@H](n2ccc(=O)[nH]c2=O)[C@H](F)[C@@H]1O. The van der Waals surface area contributed by atoms with E-state index in [1.165, 1.54) is 0 Å². The summed E-state index contributed by atoms with van der Waals surface area (Å²) < 4.78 is 51.5. The Kier molecular flexibility index (Phi) is 11.7. The molecule has 2 saturated carbocycles. The quantitative estimate of drug-likeness (QED) is 0.0703. The molecule has 17 nitrogen and oxygen atoms in total. The highest BCUT2D eigenvalue weighted by molar-refractivity contribution is 7.54. The highest BCUT2D eigenvalue weighted by Gasteiger charge is 2.57. The summed E-state index contributed by atoms with van der Waals surface area (Å²) in [6.07, 6.45) is 0.768. The number of aromatic amines is 1. The average molecular weight is 646 g/mol. The average Bonchev–Trinajstić information content (AvgIpc) is 3.73. The molecular weight excluding hydrogens is 608 g/mol. The van der Waals surface area contributed by atoms with Gasteiger partial charge in [0.1, 0.15) is 18.3 Å². The van der Waals surface area contributed by atoms with Gasteiger partial charge in [0, 0.05) is 30.3 Å². The lowest BCUT2D eigenvalue weighted by Gasteiger charge is -2.29. The second-order valence-corrected chi connectivity index (χ2v) is 12.9. The number of aliphatic hydroxyl groups is 1. The third-order valence-corrected chi connectivity index (χ3v) is 9.42. The minimum Gasteiger partial charge on any atom is -0.462 e. The molecule has 1 aromatic heterocycles. The van der Waals surface area contributed by atoms with E-state index in [0.29, 0.717) is 4.57 Å². The second-order valence-electron chi connectivity index (χ2n) is 10.9. The number of hydrogen-bond donors (Lipinski definition) is 4. The Hall–Kier alpha value is -3.11. The minimum absolute atomic E-state index is 0.171. The van der Waals surface area contributed by atoms with Gasteiger partial charge in [0.15, 0.2) is 12.4 Å². The predicted molar refractivity (Wildman–Crippen MR) is 150 cm³/mol. The maximum absolute atomic E-state index is 15.2. The lowest BCUT2D eigenvalue weighted by molar-refractivity contribution is -0.149. The number of azide groups is 1. The summed E-state index contributed by atoms with van der Waals surface area (Å²) in [6.45, 7) is -1.37. The van der Waals surface area contributed by atoms with Gasteiger partial charge < -0.3 is 23.8 Å². The van der Waals surface area contributed by atoms with Crippen molar-refractivity contribution >= 4 is 19.6 Å². The number of aliphatic hydroxyl groups excluding tert-OH is 1. The summed E-state index contributed by atoms with van der Waals surface area (Å²) >= 11 is 0. The van der Waals surface area contributed by atoms with Crippen molar-refractivity contribution in [3.05, 3.63) is 43.5 Å². The summed E-state index contributed by atoms with van der Waals surface area (Å²) in [5, 5.41) is 19.2. The van der Waals surface area contributed by atoms with Crippen molar-refractivity contribution in [3.8, 4) is 0 Å². The van der Waals surface area contributed by atoms with Crippen molar-refractivity contribution < 1.29 is 42.4 Å². The Balaban J connectivity index is 1.43. The zero-order valence-corrected chi connectivity index (χ0v) is 24.9. The van der Waals surface area contributed by atoms with E-state index in [4.69, 9.17) is 18.7 Å². The van der Waals surface area contributed by atoms with Gasteiger partial charge in [-0.25, -0.2) is 19.4 Å². The molecule has 44 heavy (non-hydrogen) atoms. The van der Waals surface area contributed by atoms with Crippen LogP contribution < -0.4 is 21.4 Å². The van der Waals surface area contributed by atoms with Crippen LogP contribution in [-0.2, 0) is 32.9 Å². The molecule has 1 aromatic rings. The molecule has 2 heterocycles. The maximum atomic E-state index is 15.2. The first kappa shape index (κ1) is 33.8. The molecule has 4 N–H and O–H groups in total. The van der Waals surface area contributed by atoms with Gasteiger partial charge in [-0.05, 0) is 56.9 Å². The maximum Gasteiger partial charge on any atom is 0.340 e. The van der Waals surface area contributed by atoms with Crippen LogP contribution >= 0.6 is 7.67 Å². The summed E-state index contributed by atoms with van der Waals surface area (Å²) in [5.41, 5.74) is 4.86. The summed E-state index contributed by atoms with van der Waals surface area (Å²) in [4.78, 5) is 52.8. The number of aromatic nitrogens is 2. The van der Waals surface area contributed by atoms with E-state index in [9.17, 15) is 34.4 Å². The largest absolute Gasteiger partial charge is 0.462 e. The molecule has 2 aliphatic carbocycles. The molecule has 0 amide bonds.